The van der Waals surface area contributed by atoms with E-state index in [0.717, 1.165) is 18.0 Å². The lowest BCUT2D eigenvalue weighted by molar-refractivity contribution is -0.120. The Morgan fingerprint density at radius 2 is 1.61 bits per heavy atom. The summed E-state index contributed by atoms with van der Waals surface area (Å²) in [6.07, 6.45) is 11.8. The van der Waals surface area contributed by atoms with Crippen molar-refractivity contribution in [2.45, 2.75) is 62.5 Å². The van der Waals surface area contributed by atoms with Crippen LogP contribution in [0.2, 0.25) is 0 Å². The third-order valence-electron chi connectivity index (χ3n) is 7.20. The molecule has 1 saturated heterocycles. The summed E-state index contributed by atoms with van der Waals surface area (Å²) in [5, 5.41) is 0. The van der Waals surface area contributed by atoms with E-state index in [9.17, 15) is 4.79 Å². The highest BCUT2D eigenvalue weighted by Gasteiger charge is 2.44. The first-order valence-corrected chi connectivity index (χ1v) is 13.4. The maximum Gasteiger partial charge on any atom is 0.264 e. The molecule has 178 valence electrons. The second-order valence-corrected chi connectivity index (χ2v) is 10.8. The van der Waals surface area contributed by atoms with Crippen LogP contribution >= 0.6 is 11.8 Å². The van der Waals surface area contributed by atoms with Crippen molar-refractivity contribution in [2.75, 3.05) is 30.9 Å². The first-order chi connectivity index (χ1) is 16.2. The first-order valence-electron chi connectivity index (χ1n) is 12.5. The van der Waals surface area contributed by atoms with E-state index in [4.69, 9.17) is 9.47 Å². The van der Waals surface area contributed by atoms with Gasteiger partial charge >= 0.3 is 0 Å². The van der Waals surface area contributed by atoms with E-state index in [-0.39, 0.29) is 17.3 Å². The monoisotopic (exact) mass is 467 g/mol. The molecule has 2 aromatic rings. The van der Waals surface area contributed by atoms with Crippen LogP contribution in [0.5, 0.6) is 11.5 Å². The van der Waals surface area contributed by atoms with Gasteiger partial charge in [-0.2, -0.15) is 11.8 Å². The molecular weight excluding hydrogens is 430 g/mol. The lowest BCUT2D eigenvalue weighted by atomic mass is 9.78. The van der Waals surface area contributed by atoms with Crippen molar-refractivity contribution in [3.05, 3.63) is 54.6 Å². The molecule has 2 aromatic carbocycles. The van der Waals surface area contributed by atoms with Gasteiger partial charge in [0.1, 0.15) is 11.5 Å². The Hall–Kier alpha value is -2.14. The Morgan fingerprint density at radius 1 is 0.939 bits per heavy atom. The number of benzene rings is 2. The minimum atomic E-state index is 0.0229. The molecule has 0 spiro atoms. The molecule has 1 saturated carbocycles. The van der Waals surface area contributed by atoms with E-state index in [1.54, 1.807) is 7.11 Å². The quantitative estimate of drug-likeness (QED) is 0.431. The fourth-order valence-electron chi connectivity index (χ4n) is 5.37. The SMILES string of the molecule is COc1ccc(OCC(=O)N(CC2(C3CCCCCCC3)CCCS2)c2ccccc2)cc1. The molecule has 1 aliphatic heterocycles. The van der Waals surface area contributed by atoms with Gasteiger partial charge in [-0.05, 0) is 73.8 Å². The normalized spacial score (nSPS) is 21.7. The number of para-hydroxylation sites is 1. The topological polar surface area (TPSA) is 38.8 Å². The van der Waals surface area contributed by atoms with E-state index >= 15 is 0 Å². The number of carbonyl (C=O) groups is 1. The summed E-state index contributed by atoms with van der Waals surface area (Å²) in [4.78, 5) is 15.5. The smallest absolute Gasteiger partial charge is 0.264 e. The lowest BCUT2D eigenvalue weighted by Crippen LogP contribution is -2.48. The maximum atomic E-state index is 13.5. The molecule has 1 unspecified atom stereocenters. The van der Waals surface area contributed by atoms with Crippen molar-refractivity contribution in [3.63, 3.8) is 0 Å². The third kappa shape index (κ3) is 6.26. The Bertz CT molecular complexity index is 856. The average molecular weight is 468 g/mol. The fraction of sp³-hybridized carbons (Fsp3) is 0.536. The number of carbonyl (C=O) groups excluding carboxylic acids is 1. The van der Waals surface area contributed by atoms with Gasteiger partial charge in [-0.3, -0.25) is 4.79 Å². The van der Waals surface area contributed by atoms with E-state index in [2.05, 4.69) is 23.9 Å². The highest BCUT2D eigenvalue weighted by Crippen LogP contribution is 2.49. The van der Waals surface area contributed by atoms with Crippen molar-refractivity contribution in [1.29, 1.82) is 0 Å². The number of nitrogens with zero attached hydrogens (tertiary/aromatic N) is 1. The van der Waals surface area contributed by atoms with Crippen molar-refractivity contribution in [2.24, 2.45) is 5.92 Å². The van der Waals surface area contributed by atoms with E-state index in [1.807, 2.05) is 47.4 Å². The van der Waals surface area contributed by atoms with Crippen molar-refractivity contribution < 1.29 is 14.3 Å². The molecule has 5 heteroatoms. The zero-order valence-electron chi connectivity index (χ0n) is 19.8. The van der Waals surface area contributed by atoms with Gasteiger partial charge in [0.15, 0.2) is 6.61 Å². The van der Waals surface area contributed by atoms with Crippen LogP contribution in [0.25, 0.3) is 0 Å². The molecule has 2 fully saturated rings. The maximum absolute atomic E-state index is 13.5. The van der Waals surface area contributed by atoms with Crippen LogP contribution in [0.3, 0.4) is 0 Å². The van der Waals surface area contributed by atoms with Crippen LogP contribution in [0.4, 0.5) is 5.69 Å². The molecule has 2 aliphatic rings. The molecule has 33 heavy (non-hydrogen) atoms. The van der Waals surface area contributed by atoms with E-state index < -0.39 is 0 Å². The highest BCUT2D eigenvalue weighted by atomic mass is 32.2. The molecule has 0 aromatic heterocycles. The molecule has 0 bridgehead atoms. The van der Waals surface area contributed by atoms with E-state index in [0.29, 0.717) is 11.7 Å². The standard InChI is InChI=1S/C28H37NO3S/c1-31-25-15-17-26(18-16-25)32-21-27(30)29(24-13-8-5-9-14-24)22-28(19-10-20-33-28)23-11-6-3-2-4-7-12-23/h5,8-9,13-18,23H,2-4,6-7,10-12,19-22H2,1H3. The predicted molar refractivity (Wildman–Crippen MR) is 138 cm³/mol. The summed E-state index contributed by atoms with van der Waals surface area (Å²) < 4.78 is 11.3. The molecule has 1 amide bonds. The molecule has 4 nitrogen and oxygen atoms in total. The Kier molecular flexibility index (Phi) is 8.60. The number of thioether (sulfide) groups is 1. The molecule has 0 radical (unpaired) electrons. The predicted octanol–water partition coefficient (Wildman–Crippen LogP) is 6.73. The lowest BCUT2D eigenvalue weighted by Gasteiger charge is -2.41. The van der Waals surface area contributed by atoms with Crippen molar-refractivity contribution >= 4 is 23.4 Å². The summed E-state index contributed by atoms with van der Waals surface area (Å²) in [6.45, 7) is 0.809. The third-order valence-corrected chi connectivity index (χ3v) is 8.93. The molecule has 1 heterocycles. The largest absolute Gasteiger partial charge is 0.497 e. The van der Waals surface area contributed by atoms with Gasteiger partial charge < -0.3 is 14.4 Å². The van der Waals surface area contributed by atoms with Gasteiger partial charge in [-0.25, -0.2) is 0 Å². The molecule has 1 aliphatic carbocycles. The second-order valence-electron chi connectivity index (χ2n) is 9.34. The van der Waals surface area contributed by atoms with Gasteiger partial charge in [0.2, 0.25) is 0 Å². The Morgan fingerprint density at radius 3 is 2.24 bits per heavy atom. The highest BCUT2D eigenvalue weighted by molar-refractivity contribution is 8.01. The van der Waals surface area contributed by atoms with Crippen molar-refractivity contribution in [1.82, 2.24) is 0 Å². The van der Waals surface area contributed by atoms with Crippen LogP contribution in [0, 0.1) is 5.92 Å². The Labute approximate surface area is 203 Å². The number of hydrogen-bond acceptors (Lipinski definition) is 4. The number of methoxy groups -OCH3 is 1. The number of anilines is 1. The minimum absolute atomic E-state index is 0.0229. The summed E-state index contributed by atoms with van der Waals surface area (Å²) in [7, 11) is 1.64. The summed E-state index contributed by atoms with van der Waals surface area (Å²) in [5.74, 6) is 3.37. The number of ether oxygens (including phenoxy) is 2. The molecular formula is C28H37NO3S. The summed E-state index contributed by atoms with van der Waals surface area (Å²) >= 11 is 2.12. The first kappa shape index (κ1) is 24.0. The average Bonchev–Trinajstić information content (AvgIpc) is 3.31. The van der Waals surface area contributed by atoms with Crippen LogP contribution in [0.15, 0.2) is 54.6 Å². The van der Waals surface area contributed by atoms with Crippen LogP contribution < -0.4 is 14.4 Å². The molecule has 4 rings (SSSR count). The fourth-order valence-corrected chi connectivity index (χ4v) is 7.05. The van der Waals surface area contributed by atoms with Gasteiger partial charge in [0.25, 0.3) is 5.91 Å². The summed E-state index contributed by atoms with van der Waals surface area (Å²) in [6, 6.07) is 17.6. The van der Waals surface area contributed by atoms with Crippen LogP contribution in [-0.4, -0.2) is 36.7 Å². The Balaban J connectivity index is 1.52. The van der Waals surface area contributed by atoms with Crippen LogP contribution in [0.1, 0.15) is 57.8 Å². The molecule has 0 N–H and O–H groups in total. The zero-order valence-corrected chi connectivity index (χ0v) is 20.7. The second kappa shape index (κ2) is 11.8. The van der Waals surface area contributed by atoms with Gasteiger partial charge in [0.05, 0.1) is 7.11 Å². The van der Waals surface area contributed by atoms with Gasteiger partial charge in [-0.15, -0.1) is 0 Å². The van der Waals surface area contributed by atoms with Crippen LogP contribution in [-0.2, 0) is 4.79 Å². The van der Waals surface area contributed by atoms with E-state index in [1.165, 1.54) is 63.5 Å². The number of amides is 1. The molecule has 1 atom stereocenters. The van der Waals surface area contributed by atoms with Crippen molar-refractivity contribution in [3.8, 4) is 11.5 Å². The zero-order chi connectivity index (χ0) is 22.9. The number of hydrogen-bond donors (Lipinski definition) is 0. The number of rotatable bonds is 8. The minimum Gasteiger partial charge on any atom is -0.497 e. The van der Waals surface area contributed by atoms with Gasteiger partial charge in [0, 0.05) is 17.0 Å². The summed E-state index contributed by atoms with van der Waals surface area (Å²) in [5.41, 5.74) is 0.971. The van der Waals surface area contributed by atoms with Gasteiger partial charge in [-0.1, -0.05) is 50.3 Å².